The molecule has 1 rings (SSSR count). The van der Waals surface area contributed by atoms with Crippen LogP contribution >= 0.6 is 15.9 Å². The fourth-order valence-corrected chi connectivity index (χ4v) is 3.24. The lowest BCUT2D eigenvalue weighted by atomic mass is 10.1. The molecule has 2 atom stereocenters. The third-order valence-electron chi connectivity index (χ3n) is 1.80. The first kappa shape index (κ1) is 10.5. The van der Waals surface area contributed by atoms with Gasteiger partial charge in [0, 0.05) is 4.83 Å². The van der Waals surface area contributed by atoms with Crippen LogP contribution < -0.4 is 0 Å². The van der Waals surface area contributed by atoms with Gasteiger partial charge in [0.25, 0.3) is 0 Å². The molecule has 0 saturated carbocycles. The number of hydrogen-bond acceptors (Lipinski definition) is 1. The molecule has 0 N–H and O–H groups in total. The maximum absolute atomic E-state index is 6.03. The summed E-state index contributed by atoms with van der Waals surface area (Å²) in [6, 6.07) is 0. The van der Waals surface area contributed by atoms with Crippen LogP contribution in [0.4, 0.5) is 0 Å². The van der Waals surface area contributed by atoms with Crippen molar-refractivity contribution in [1.82, 2.24) is 0 Å². The smallest absolute Gasteiger partial charge is 0.184 e. The summed E-state index contributed by atoms with van der Waals surface area (Å²) in [7, 11) is -1.35. The normalized spacial score (nSPS) is 30.7. The molecule has 0 aromatic heterocycles. The SMILES string of the molecule is C[Si](C)(C)O[C@@H]1CC=CC[C@H]1Br. The van der Waals surface area contributed by atoms with E-state index in [-0.39, 0.29) is 0 Å². The van der Waals surface area contributed by atoms with Gasteiger partial charge in [-0.05, 0) is 32.5 Å². The van der Waals surface area contributed by atoms with Crippen molar-refractivity contribution in [2.45, 2.75) is 43.4 Å². The molecule has 1 aliphatic carbocycles. The second-order valence-corrected chi connectivity index (χ2v) is 9.86. The molecule has 3 heteroatoms. The number of alkyl halides is 1. The molecule has 0 bridgehead atoms. The summed E-state index contributed by atoms with van der Waals surface area (Å²) in [6.45, 7) is 6.72. The maximum Gasteiger partial charge on any atom is 0.184 e. The average Bonchev–Trinajstić information content (AvgIpc) is 1.91. The molecule has 0 aliphatic heterocycles. The monoisotopic (exact) mass is 248 g/mol. The molecule has 0 aromatic carbocycles. The first-order chi connectivity index (χ1) is 5.49. The van der Waals surface area contributed by atoms with Crippen molar-refractivity contribution in [3.63, 3.8) is 0 Å². The largest absolute Gasteiger partial charge is 0.413 e. The highest BCUT2D eigenvalue weighted by Gasteiger charge is 2.26. The van der Waals surface area contributed by atoms with Crippen LogP contribution in [0.5, 0.6) is 0 Å². The molecule has 0 aromatic rings. The summed E-state index contributed by atoms with van der Waals surface area (Å²) in [6.07, 6.45) is 7.03. The van der Waals surface area contributed by atoms with Gasteiger partial charge >= 0.3 is 0 Å². The molecular weight excluding hydrogens is 232 g/mol. The lowest BCUT2D eigenvalue weighted by Gasteiger charge is -2.30. The van der Waals surface area contributed by atoms with Gasteiger partial charge < -0.3 is 4.43 Å². The Morgan fingerprint density at radius 1 is 1.25 bits per heavy atom. The molecule has 12 heavy (non-hydrogen) atoms. The number of rotatable bonds is 2. The zero-order chi connectivity index (χ0) is 9.19. The Morgan fingerprint density at radius 2 is 1.83 bits per heavy atom. The molecule has 0 fully saturated rings. The minimum Gasteiger partial charge on any atom is -0.413 e. The first-order valence-electron chi connectivity index (χ1n) is 4.46. The van der Waals surface area contributed by atoms with E-state index in [4.69, 9.17) is 4.43 Å². The third kappa shape index (κ3) is 3.41. The highest BCUT2D eigenvalue weighted by atomic mass is 79.9. The van der Waals surface area contributed by atoms with Crippen molar-refractivity contribution in [2.24, 2.45) is 0 Å². The Bertz CT molecular complexity index is 174. The van der Waals surface area contributed by atoms with Crippen molar-refractivity contribution >= 4 is 24.2 Å². The van der Waals surface area contributed by atoms with Gasteiger partial charge in [-0.3, -0.25) is 0 Å². The van der Waals surface area contributed by atoms with E-state index in [1.54, 1.807) is 0 Å². The van der Waals surface area contributed by atoms with E-state index in [1.165, 1.54) is 0 Å². The maximum atomic E-state index is 6.03. The van der Waals surface area contributed by atoms with Gasteiger partial charge in [-0.15, -0.1) is 0 Å². The standard InChI is InChI=1S/C9H17BrOSi/c1-12(2,3)11-9-7-5-4-6-8(9)10/h4-5,8-9H,6-7H2,1-3H3/t8-,9-/m1/s1. The van der Waals surface area contributed by atoms with Crippen LogP contribution in [-0.4, -0.2) is 19.2 Å². The number of halogens is 1. The minimum atomic E-state index is -1.35. The fraction of sp³-hybridized carbons (Fsp3) is 0.778. The molecule has 0 amide bonds. The van der Waals surface area contributed by atoms with Gasteiger partial charge in [0.15, 0.2) is 8.32 Å². The molecule has 0 heterocycles. The molecule has 1 aliphatic rings. The minimum absolute atomic E-state index is 0.404. The van der Waals surface area contributed by atoms with Crippen molar-refractivity contribution in [3.05, 3.63) is 12.2 Å². The van der Waals surface area contributed by atoms with Crippen LogP contribution in [0.1, 0.15) is 12.8 Å². The molecule has 0 spiro atoms. The van der Waals surface area contributed by atoms with Crippen molar-refractivity contribution in [3.8, 4) is 0 Å². The van der Waals surface area contributed by atoms with Crippen molar-refractivity contribution in [2.75, 3.05) is 0 Å². The molecule has 0 unspecified atom stereocenters. The lowest BCUT2D eigenvalue weighted by Crippen LogP contribution is -2.37. The summed E-state index contributed by atoms with van der Waals surface area (Å²) in [5, 5.41) is 0. The fourth-order valence-electron chi connectivity index (χ4n) is 1.33. The van der Waals surface area contributed by atoms with Gasteiger partial charge in [0.2, 0.25) is 0 Å². The average molecular weight is 249 g/mol. The Hall–Kier alpha value is 0.397. The van der Waals surface area contributed by atoms with Gasteiger partial charge in [0.1, 0.15) is 0 Å². The second kappa shape index (κ2) is 4.07. The van der Waals surface area contributed by atoms with E-state index < -0.39 is 8.32 Å². The number of allylic oxidation sites excluding steroid dienone is 1. The van der Waals surface area contributed by atoms with Crippen LogP contribution in [0, 0.1) is 0 Å². The van der Waals surface area contributed by atoms with Crippen LogP contribution in [0.3, 0.4) is 0 Å². The van der Waals surface area contributed by atoms with E-state index >= 15 is 0 Å². The van der Waals surface area contributed by atoms with Gasteiger partial charge in [0.05, 0.1) is 6.10 Å². The highest BCUT2D eigenvalue weighted by Crippen LogP contribution is 2.24. The van der Waals surface area contributed by atoms with Gasteiger partial charge in [-0.1, -0.05) is 28.1 Å². The topological polar surface area (TPSA) is 9.23 Å². The van der Waals surface area contributed by atoms with E-state index in [2.05, 4.69) is 47.7 Å². The molecule has 0 saturated heterocycles. The Labute approximate surface area is 84.4 Å². The Morgan fingerprint density at radius 3 is 2.33 bits per heavy atom. The second-order valence-electron chi connectivity index (χ2n) is 4.23. The summed E-state index contributed by atoms with van der Waals surface area (Å²) < 4.78 is 6.03. The summed E-state index contributed by atoms with van der Waals surface area (Å²) in [5.41, 5.74) is 0. The van der Waals surface area contributed by atoms with E-state index in [1.807, 2.05) is 0 Å². The van der Waals surface area contributed by atoms with E-state index in [9.17, 15) is 0 Å². The highest BCUT2D eigenvalue weighted by molar-refractivity contribution is 9.09. The van der Waals surface area contributed by atoms with Crippen molar-refractivity contribution in [1.29, 1.82) is 0 Å². The molecular formula is C9H17BrOSi. The van der Waals surface area contributed by atoms with Crippen LogP contribution in [-0.2, 0) is 4.43 Å². The Balaban J connectivity index is 2.46. The third-order valence-corrected chi connectivity index (χ3v) is 3.78. The quantitative estimate of drug-likeness (QED) is 0.414. The first-order valence-corrected chi connectivity index (χ1v) is 8.78. The lowest BCUT2D eigenvalue weighted by molar-refractivity contribution is 0.191. The molecule has 70 valence electrons. The van der Waals surface area contributed by atoms with Crippen LogP contribution in [0.15, 0.2) is 12.2 Å². The van der Waals surface area contributed by atoms with E-state index in [0.29, 0.717) is 10.9 Å². The zero-order valence-corrected chi connectivity index (χ0v) is 10.6. The summed E-state index contributed by atoms with van der Waals surface area (Å²) in [4.78, 5) is 0.522. The summed E-state index contributed by atoms with van der Waals surface area (Å²) >= 11 is 3.65. The summed E-state index contributed by atoms with van der Waals surface area (Å²) in [5.74, 6) is 0. The van der Waals surface area contributed by atoms with Crippen LogP contribution in [0.25, 0.3) is 0 Å². The predicted molar refractivity (Wildman–Crippen MR) is 59.3 cm³/mol. The van der Waals surface area contributed by atoms with Crippen molar-refractivity contribution < 1.29 is 4.43 Å². The Kier molecular flexibility index (Phi) is 3.55. The van der Waals surface area contributed by atoms with Gasteiger partial charge in [-0.25, -0.2) is 0 Å². The van der Waals surface area contributed by atoms with E-state index in [0.717, 1.165) is 12.8 Å². The number of hydrogen-bond donors (Lipinski definition) is 0. The predicted octanol–water partition coefficient (Wildman–Crippen LogP) is 3.32. The van der Waals surface area contributed by atoms with Crippen LogP contribution in [0.2, 0.25) is 19.6 Å². The zero-order valence-electron chi connectivity index (χ0n) is 8.01. The molecule has 0 radical (unpaired) electrons. The van der Waals surface area contributed by atoms with Gasteiger partial charge in [-0.2, -0.15) is 0 Å². The molecule has 1 nitrogen and oxygen atoms in total.